The zero-order valence-corrected chi connectivity index (χ0v) is 11.0. The Morgan fingerprint density at radius 1 is 1.16 bits per heavy atom. The number of nitrogen functional groups attached to an aromatic ring is 1. The predicted octanol–water partition coefficient (Wildman–Crippen LogP) is 3.20. The van der Waals surface area contributed by atoms with Gasteiger partial charge in [0.25, 0.3) is 0 Å². The van der Waals surface area contributed by atoms with E-state index in [-0.39, 0.29) is 0 Å². The van der Waals surface area contributed by atoms with Crippen LogP contribution in [0.25, 0.3) is 10.8 Å². The Bertz CT molecular complexity index is 614. The standard InChI is InChI=1S/C16H19N3/c17-16-14-7-8-18-9-12(14)3-6-15(16)19(13-4-5-13)10-11-1-2-11/h3,6-9,11,13H,1-2,4-5,10,17H2. The molecule has 2 saturated carbocycles. The first-order chi connectivity index (χ1) is 9.33. The molecule has 1 heterocycles. The molecule has 0 spiro atoms. The normalized spacial score (nSPS) is 18.7. The highest BCUT2D eigenvalue weighted by atomic mass is 15.2. The van der Waals surface area contributed by atoms with Crippen molar-refractivity contribution >= 4 is 22.1 Å². The van der Waals surface area contributed by atoms with E-state index >= 15 is 0 Å². The van der Waals surface area contributed by atoms with E-state index in [1.165, 1.54) is 37.9 Å². The van der Waals surface area contributed by atoms with Crippen molar-refractivity contribution in [3.8, 4) is 0 Å². The molecule has 19 heavy (non-hydrogen) atoms. The molecule has 98 valence electrons. The largest absolute Gasteiger partial charge is 0.397 e. The van der Waals surface area contributed by atoms with Gasteiger partial charge in [-0.25, -0.2) is 0 Å². The monoisotopic (exact) mass is 253 g/mol. The van der Waals surface area contributed by atoms with Crippen LogP contribution in [0.4, 0.5) is 11.4 Å². The van der Waals surface area contributed by atoms with Crippen LogP contribution < -0.4 is 10.6 Å². The summed E-state index contributed by atoms with van der Waals surface area (Å²) in [6.07, 6.45) is 9.13. The molecule has 2 N–H and O–H groups in total. The van der Waals surface area contributed by atoms with Crippen LogP contribution in [0.15, 0.2) is 30.6 Å². The van der Waals surface area contributed by atoms with E-state index in [0.717, 1.165) is 28.4 Å². The van der Waals surface area contributed by atoms with Crippen molar-refractivity contribution in [2.24, 2.45) is 5.92 Å². The predicted molar refractivity (Wildman–Crippen MR) is 79.2 cm³/mol. The van der Waals surface area contributed by atoms with Crippen molar-refractivity contribution in [2.45, 2.75) is 31.7 Å². The highest BCUT2D eigenvalue weighted by Crippen LogP contribution is 2.41. The number of hydrogen-bond donors (Lipinski definition) is 1. The number of hydrogen-bond acceptors (Lipinski definition) is 3. The van der Waals surface area contributed by atoms with Crippen molar-refractivity contribution < 1.29 is 0 Å². The third kappa shape index (κ3) is 2.03. The maximum atomic E-state index is 6.41. The van der Waals surface area contributed by atoms with Crippen molar-refractivity contribution in [2.75, 3.05) is 17.2 Å². The molecule has 2 fully saturated rings. The number of nitrogens with zero attached hydrogens (tertiary/aromatic N) is 2. The first-order valence-electron chi connectivity index (χ1n) is 7.22. The number of rotatable bonds is 4. The van der Waals surface area contributed by atoms with Gasteiger partial charge < -0.3 is 10.6 Å². The van der Waals surface area contributed by atoms with E-state index in [9.17, 15) is 0 Å². The third-order valence-electron chi connectivity index (χ3n) is 4.29. The van der Waals surface area contributed by atoms with E-state index in [4.69, 9.17) is 5.73 Å². The molecule has 0 atom stereocenters. The molecule has 4 rings (SSSR count). The van der Waals surface area contributed by atoms with E-state index < -0.39 is 0 Å². The van der Waals surface area contributed by atoms with Gasteiger partial charge in [0.05, 0.1) is 11.4 Å². The minimum absolute atomic E-state index is 0.724. The van der Waals surface area contributed by atoms with Gasteiger partial charge in [0, 0.05) is 35.8 Å². The molecule has 0 unspecified atom stereocenters. The van der Waals surface area contributed by atoms with Crippen LogP contribution >= 0.6 is 0 Å². The van der Waals surface area contributed by atoms with Gasteiger partial charge in [0.2, 0.25) is 0 Å². The Morgan fingerprint density at radius 3 is 2.74 bits per heavy atom. The fourth-order valence-corrected chi connectivity index (χ4v) is 2.84. The van der Waals surface area contributed by atoms with Crippen molar-refractivity contribution in [1.82, 2.24) is 4.98 Å². The number of aromatic nitrogens is 1. The van der Waals surface area contributed by atoms with Gasteiger partial charge in [0.15, 0.2) is 0 Å². The first kappa shape index (κ1) is 11.1. The van der Waals surface area contributed by atoms with Crippen LogP contribution in [0.3, 0.4) is 0 Å². The first-order valence-corrected chi connectivity index (χ1v) is 7.22. The van der Waals surface area contributed by atoms with Crippen LogP contribution in [-0.4, -0.2) is 17.6 Å². The van der Waals surface area contributed by atoms with E-state index in [1.54, 1.807) is 0 Å². The second kappa shape index (κ2) is 4.12. The smallest absolute Gasteiger partial charge is 0.0632 e. The molecule has 1 aromatic carbocycles. The number of fused-ring (bicyclic) bond motifs is 1. The average molecular weight is 253 g/mol. The van der Waals surface area contributed by atoms with E-state index in [0.29, 0.717) is 0 Å². The number of pyridine rings is 1. The Hall–Kier alpha value is -1.77. The second-order valence-electron chi connectivity index (χ2n) is 5.92. The molecule has 2 aliphatic rings. The van der Waals surface area contributed by atoms with Crippen molar-refractivity contribution in [3.63, 3.8) is 0 Å². The highest BCUT2D eigenvalue weighted by Gasteiger charge is 2.34. The van der Waals surface area contributed by atoms with Gasteiger partial charge in [-0.3, -0.25) is 4.98 Å². The molecule has 0 bridgehead atoms. The third-order valence-corrected chi connectivity index (χ3v) is 4.29. The Balaban J connectivity index is 1.77. The summed E-state index contributed by atoms with van der Waals surface area (Å²) in [5, 5.41) is 2.26. The SMILES string of the molecule is Nc1c(N(CC2CC2)C2CC2)ccc2cnccc12. The minimum Gasteiger partial charge on any atom is -0.397 e. The molecule has 0 amide bonds. The Morgan fingerprint density at radius 2 is 2.00 bits per heavy atom. The fourth-order valence-electron chi connectivity index (χ4n) is 2.84. The quantitative estimate of drug-likeness (QED) is 0.851. The summed E-state index contributed by atoms with van der Waals surface area (Å²) in [6.45, 7) is 1.19. The van der Waals surface area contributed by atoms with Crippen LogP contribution in [0, 0.1) is 5.92 Å². The number of nitrogens with two attached hydrogens (primary N) is 1. The van der Waals surface area contributed by atoms with Crippen molar-refractivity contribution in [1.29, 1.82) is 0 Å². The van der Waals surface area contributed by atoms with Gasteiger partial charge in [0.1, 0.15) is 0 Å². The van der Waals surface area contributed by atoms with Gasteiger partial charge in [-0.2, -0.15) is 0 Å². The van der Waals surface area contributed by atoms with E-state index in [1.807, 2.05) is 18.5 Å². The topological polar surface area (TPSA) is 42.1 Å². The zero-order chi connectivity index (χ0) is 12.8. The lowest BCUT2D eigenvalue weighted by molar-refractivity contribution is 0.720. The molecular formula is C16H19N3. The van der Waals surface area contributed by atoms with Crippen molar-refractivity contribution in [3.05, 3.63) is 30.6 Å². The minimum atomic E-state index is 0.724. The summed E-state index contributed by atoms with van der Waals surface area (Å²) in [5.74, 6) is 0.896. The lowest BCUT2D eigenvalue weighted by Crippen LogP contribution is -2.28. The van der Waals surface area contributed by atoms with Gasteiger partial charge >= 0.3 is 0 Å². The Labute approximate surface area is 113 Å². The maximum absolute atomic E-state index is 6.41. The van der Waals surface area contributed by atoms with Crippen LogP contribution in [0.2, 0.25) is 0 Å². The molecule has 1 aromatic heterocycles. The maximum Gasteiger partial charge on any atom is 0.0632 e. The molecule has 0 saturated heterocycles. The Kier molecular flexibility index (Phi) is 2.40. The van der Waals surface area contributed by atoms with Gasteiger partial charge in [-0.15, -0.1) is 0 Å². The molecule has 2 aromatic rings. The summed E-state index contributed by atoms with van der Waals surface area (Å²) in [6, 6.07) is 7.08. The molecule has 3 heteroatoms. The summed E-state index contributed by atoms with van der Waals surface area (Å²) in [4.78, 5) is 6.71. The lowest BCUT2D eigenvalue weighted by Gasteiger charge is -2.26. The van der Waals surface area contributed by atoms with Crippen LogP contribution in [0.5, 0.6) is 0 Å². The second-order valence-corrected chi connectivity index (χ2v) is 5.92. The molecule has 0 aliphatic heterocycles. The van der Waals surface area contributed by atoms with Crippen LogP contribution in [0.1, 0.15) is 25.7 Å². The average Bonchev–Trinajstić information content (AvgIpc) is 3.30. The molecular weight excluding hydrogens is 234 g/mol. The van der Waals surface area contributed by atoms with Crippen LogP contribution in [-0.2, 0) is 0 Å². The lowest BCUT2D eigenvalue weighted by atomic mass is 10.1. The summed E-state index contributed by atoms with van der Waals surface area (Å²) in [5.41, 5.74) is 8.57. The molecule has 2 aliphatic carbocycles. The number of benzene rings is 1. The summed E-state index contributed by atoms with van der Waals surface area (Å²) >= 11 is 0. The highest BCUT2D eigenvalue weighted by molar-refractivity contribution is 5.98. The fraction of sp³-hybridized carbons (Fsp3) is 0.438. The number of anilines is 2. The van der Waals surface area contributed by atoms with E-state index in [2.05, 4.69) is 22.0 Å². The summed E-state index contributed by atoms with van der Waals surface area (Å²) < 4.78 is 0. The van der Waals surface area contributed by atoms with Gasteiger partial charge in [-0.05, 0) is 43.7 Å². The van der Waals surface area contributed by atoms with Gasteiger partial charge in [-0.1, -0.05) is 6.07 Å². The summed E-state index contributed by atoms with van der Waals surface area (Å²) in [7, 11) is 0. The zero-order valence-electron chi connectivity index (χ0n) is 11.0. The molecule has 3 nitrogen and oxygen atoms in total. The molecule has 0 radical (unpaired) electrons.